The number of carbonyl (C=O) groups excluding carboxylic acids is 2. The highest BCUT2D eigenvalue weighted by Gasteiger charge is 2.21. The number of benzene rings is 1. The van der Waals surface area contributed by atoms with Crippen molar-refractivity contribution in [2.24, 2.45) is 0 Å². The molecule has 0 radical (unpaired) electrons. The van der Waals surface area contributed by atoms with Crippen molar-refractivity contribution in [3.63, 3.8) is 0 Å². The van der Waals surface area contributed by atoms with Gasteiger partial charge in [0.1, 0.15) is 0 Å². The van der Waals surface area contributed by atoms with Gasteiger partial charge in [-0.25, -0.2) is 4.79 Å². The van der Waals surface area contributed by atoms with E-state index in [1.54, 1.807) is 11.3 Å². The van der Waals surface area contributed by atoms with E-state index >= 15 is 0 Å². The van der Waals surface area contributed by atoms with Crippen LogP contribution in [-0.4, -0.2) is 25.0 Å². The molecule has 6 heteroatoms. The van der Waals surface area contributed by atoms with Crippen LogP contribution in [0.4, 0.5) is 10.5 Å². The molecule has 3 rings (SSSR count). The number of carbonyl (C=O) groups is 2. The smallest absolute Gasteiger partial charge is 0.321 e. The van der Waals surface area contributed by atoms with Crippen LogP contribution in [0.1, 0.15) is 10.4 Å². The number of nitrogens with one attached hydrogen (secondary N) is 2. The molecule has 114 valence electrons. The van der Waals surface area contributed by atoms with Crippen LogP contribution in [0.25, 0.3) is 0 Å². The Labute approximate surface area is 132 Å². The molecule has 0 spiro atoms. The van der Waals surface area contributed by atoms with Gasteiger partial charge in [-0.1, -0.05) is 24.3 Å². The van der Waals surface area contributed by atoms with Crippen molar-refractivity contribution in [2.45, 2.75) is 13.0 Å². The fourth-order valence-corrected chi connectivity index (χ4v) is 3.18. The zero-order valence-electron chi connectivity index (χ0n) is 12.0. The van der Waals surface area contributed by atoms with Gasteiger partial charge in [0, 0.05) is 17.1 Å². The largest absolute Gasteiger partial charge is 0.362 e. The van der Waals surface area contributed by atoms with Gasteiger partial charge >= 0.3 is 6.03 Å². The summed E-state index contributed by atoms with van der Waals surface area (Å²) in [6, 6.07) is 11.5. The molecule has 0 saturated heterocycles. The van der Waals surface area contributed by atoms with E-state index in [0.29, 0.717) is 6.54 Å². The Morgan fingerprint density at radius 3 is 2.86 bits per heavy atom. The summed E-state index contributed by atoms with van der Waals surface area (Å²) < 4.78 is 0. The molecule has 3 amide bonds. The molecule has 0 aliphatic carbocycles. The molecule has 1 aromatic heterocycles. The number of hydrogen-bond donors (Lipinski definition) is 2. The summed E-state index contributed by atoms with van der Waals surface area (Å²) in [4.78, 5) is 26.7. The molecule has 0 bridgehead atoms. The summed E-state index contributed by atoms with van der Waals surface area (Å²) in [5.74, 6) is -0.291. The number of thiophene rings is 1. The van der Waals surface area contributed by atoms with Gasteiger partial charge in [-0.2, -0.15) is 0 Å². The molecule has 2 aromatic rings. The summed E-state index contributed by atoms with van der Waals surface area (Å²) in [5.41, 5.74) is 2.33. The second-order valence-corrected chi connectivity index (χ2v) is 6.14. The molecule has 0 atom stereocenters. The zero-order chi connectivity index (χ0) is 15.4. The van der Waals surface area contributed by atoms with Crippen LogP contribution in [0.5, 0.6) is 0 Å². The second-order valence-electron chi connectivity index (χ2n) is 5.11. The summed E-state index contributed by atoms with van der Waals surface area (Å²) >= 11 is 1.57. The van der Waals surface area contributed by atoms with E-state index in [0.717, 1.165) is 23.5 Å². The molecule has 0 fully saturated rings. The molecule has 0 unspecified atom stereocenters. The Hall–Kier alpha value is -2.34. The minimum Gasteiger partial charge on any atom is -0.362 e. The van der Waals surface area contributed by atoms with Crippen molar-refractivity contribution < 1.29 is 9.59 Å². The molecule has 2 N–H and O–H groups in total. The third kappa shape index (κ3) is 3.46. The van der Waals surface area contributed by atoms with Crippen molar-refractivity contribution in [3.8, 4) is 0 Å². The first-order chi connectivity index (χ1) is 10.7. The Balaban J connectivity index is 1.47. The van der Waals surface area contributed by atoms with Crippen molar-refractivity contribution in [2.75, 3.05) is 18.0 Å². The molecular formula is C16H17N3O2S. The van der Waals surface area contributed by atoms with Crippen LogP contribution in [-0.2, 0) is 17.8 Å². The Kier molecular flexibility index (Phi) is 4.39. The van der Waals surface area contributed by atoms with Gasteiger partial charge in [0.2, 0.25) is 5.91 Å². The maximum Gasteiger partial charge on any atom is 0.321 e. The Morgan fingerprint density at radius 1 is 1.18 bits per heavy atom. The number of anilines is 1. The molecule has 22 heavy (non-hydrogen) atoms. The van der Waals surface area contributed by atoms with E-state index in [2.05, 4.69) is 16.7 Å². The monoisotopic (exact) mass is 315 g/mol. The number of fused-ring (bicyclic) bond motifs is 1. The summed E-state index contributed by atoms with van der Waals surface area (Å²) in [6.45, 7) is 1.44. The zero-order valence-corrected chi connectivity index (χ0v) is 12.9. The standard InChI is InChI=1S/C16H17N3O2S/c20-15(18-16(21)17-10-13-5-3-9-22-13)11-19-8-7-12-4-1-2-6-14(12)19/h1-6,9H,7-8,10-11H2,(H2,17,18,20,21). The minimum atomic E-state index is -0.453. The number of imide groups is 1. The van der Waals surface area contributed by atoms with E-state index < -0.39 is 6.03 Å². The van der Waals surface area contributed by atoms with Gasteiger partial charge in [0.25, 0.3) is 0 Å². The second kappa shape index (κ2) is 6.62. The number of amides is 3. The average molecular weight is 315 g/mol. The maximum absolute atomic E-state index is 12.0. The lowest BCUT2D eigenvalue weighted by atomic mass is 10.2. The molecule has 2 heterocycles. The van der Waals surface area contributed by atoms with Crippen LogP contribution >= 0.6 is 11.3 Å². The van der Waals surface area contributed by atoms with Gasteiger partial charge in [-0.3, -0.25) is 10.1 Å². The first-order valence-electron chi connectivity index (χ1n) is 7.15. The van der Waals surface area contributed by atoms with Gasteiger partial charge in [-0.15, -0.1) is 11.3 Å². The molecule has 1 aliphatic rings. The van der Waals surface area contributed by atoms with Gasteiger partial charge in [0.05, 0.1) is 13.1 Å². The molecule has 5 nitrogen and oxygen atoms in total. The normalized spacial score (nSPS) is 12.8. The maximum atomic E-state index is 12.0. The predicted molar refractivity (Wildman–Crippen MR) is 87.1 cm³/mol. The molecular weight excluding hydrogens is 298 g/mol. The highest BCUT2D eigenvalue weighted by molar-refractivity contribution is 7.09. The number of urea groups is 1. The number of nitrogens with zero attached hydrogens (tertiary/aromatic N) is 1. The first-order valence-corrected chi connectivity index (χ1v) is 8.03. The lowest BCUT2D eigenvalue weighted by molar-refractivity contribution is -0.118. The van der Waals surface area contributed by atoms with Gasteiger partial charge in [-0.05, 0) is 29.5 Å². The van der Waals surface area contributed by atoms with E-state index in [9.17, 15) is 9.59 Å². The van der Waals surface area contributed by atoms with E-state index in [1.165, 1.54) is 5.56 Å². The van der Waals surface area contributed by atoms with E-state index in [4.69, 9.17) is 0 Å². The van der Waals surface area contributed by atoms with Crippen molar-refractivity contribution in [1.29, 1.82) is 0 Å². The summed E-state index contributed by atoms with van der Waals surface area (Å²) in [5, 5.41) is 7.00. The fraction of sp³-hybridized carbons (Fsp3) is 0.250. The summed E-state index contributed by atoms with van der Waals surface area (Å²) in [6.07, 6.45) is 0.939. The van der Waals surface area contributed by atoms with Gasteiger partial charge in [0.15, 0.2) is 0 Å². The third-order valence-corrected chi connectivity index (χ3v) is 4.45. The van der Waals surface area contributed by atoms with Crippen LogP contribution in [0, 0.1) is 0 Å². The van der Waals surface area contributed by atoms with E-state index in [1.807, 2.05) is 40.6 Å². The lowest BCUT2D eigenvalue weighted by Crippen LogP contribution is -2.44. The molecule has 0 saturated carbocycles. The topological polar surface area (TPSA) is 61.4 Å². The minimum absolute atomic E-state index is 0.198. The number of rotatable bonds is 4. The third-order valence-electron chi connectivity index (χ3n) is 3.57. The molecule has 1 aromatic carbocycles. The number of para-hydroxylation sites is 1. The van der Waals surface area contributed by atoms with Crippen molar-refractivity contribution in [3.05, 3.63) is 52.2 Å². The highest BCUT2D eigenvalue weighted by atomic mass is 32.1. The van der Waals surface area contributed by atoms with Crippen molar-refractivity contribution >= 4 is 29.0 Å². The van der Waals surface area contributed by atoms with Crippen LogP contribution in [0.3, 0.4) is 0 Å². The first kappa shape index (κ1) is 14.6. The summed E-state index contributed by atoms with van der Waals surface area (Å²) in [7, 11) is 0. The predicted octanol–water partition coefficient (Wildman–Crippen LogP) is 2.14. The lowest BCUT2D eigenvalue weighted by Gasteiger charge is -2.18. The highest BCUT2D eigenvalue weighted by Crippen LogP contribution is 2.26. The van der Waals surface area contributed by atoms with Crippen LogP contribution in [0.15, 0.2) is 41.8 Å². The Bertz CT molecular complexity index is 670. The van der Waals surface area contributed by atoms with Crippen LogP contribution in [0.2, 0.25) is 0 Å². The van der Waals surface area contributed by atoms with Crippen LogP contribution < -0.4 is 15.5 Å². The molecule has 1 aliphatic heterocycles. The van der Waals surface area contributed by atoms with Crippen molar-refractivity contribution in [1.82, 2.24) is 10.6 Å². The average Bonchev–Trinajstić information content (AvgIpc) is 3.15. The SMILES string of the molecule is O=C(CN1CCc2ccccc21)NC(=O)NCc1cccs1. The van der Waals surface area contributed by atoms with E-state index in [-0.39, 0.29) is 12.5 Å². The quantitative estimate of drug-likeness (QED) is 0.909. The number of hydrogen-bond acceptors (Lipinski definition) is 4. The Morgan fingerprint density at radius 2 is 2.05 bits per heavy atom. The fourth-order valence-electron chi connectivity index (χ4n) is 2.54. The van der Waals surface area contributed by atoms with Gasteiger partial charge < -0.3 is 10.2 Å².